The summed E-state index contributed by atoms with van der Waals surface area (Å²) in [6.07, 6.45) is 2.44. The van der Waals surface area contributed by atoms with Crippen LogP contribution in [-0.4, -0.2) is 33.3 Å². The van der Waals surface area contributed by atoms with Crippen LogP contribution < -0.4 is 0 Å². The third-order valence-corrected chi connectivity index (χ3v) is 3.74. The van der Waals surface area contributed by atoms with Crippen LogP contribution >= 0.6 is 11.3 Å². The van der Waals surface area contributed by atoms with E-state index >= 15 is 0 Å². The van der Waals surface area contributed by atoms with Gasteiger partial charge >= 0.3 is 0 Å². The summed E-state index contributed by atoms with van der Waals surface area (Å²) in [5.41, 5.74) is 2.02. The van der Waals surface area contributed by atoms with Gasteiger partial charge in [0.1, 0.15) is 0 Å². The normalized spacial score (nSPS) is 11.0. The standard InChI is InChI=1S/C12H17N3OS/c1-4-14(5-2)11(16)6-10-8-17-12-13-9(3)7-15(10)12/h7-8H,4-6H2,1-3H3. The number of hydrogen-bond acceptors (Lipinski definition) is 3. The van der Waals surface area contributed by atoms with Gasteiger partial charge < -0.3 is 4.90 Å². The van der Waals surface area contributed by atoms with Gasteiger partial charge in [0.25, 0.3) is 0 Å². The van der Waals surface area contributed by atoms with Crippen molar-refractivity contribution in [2.45, 2.75) is 27.2 Å². The van der Waals surface area contributed by atoms with Gasteiger partial charge in [-0.15, -0.1) is 11.3 Å². The van der Waals surface area contributed by atoms with Crippen LogP contribution in [0.1, 0.15) is 25.2 Å². The highest BCUT2D eigenvalue weighted by Gasteiger charge is 2.14. The molecule has 0 spiro atoms. The molecule has 2 aromatic heterocycles. The molecular weight excluding hydrogens is 234 g/mol. The van der Waals surface area contributed by atoms with Crippen LogP contribution in [0.15, 0.2) is 11.6 Å². The van der Waals surface area contributed by atoms with Gasteiger partial charge in [-0.05, 0) is 20.8 Å². The Morgan fingerprint density at radius 1 is 1.47 bits per heavy atom. The van der Waals surface area contributed by atoms with Crippen molar-refractivity contribution in [1.29, 1.82) is 0 Å². The minimum absolute atomic E-state index is 0.182. The number of thiazole rings is 1. The number of likely N-dealkylation sites (N-methyl/N-ethyl adjacent to an activating group) is 1. The number of rotatable bonds is 4. The molecule has 0 radical (unpaired) electrons. The third-order valence-electron chi connectivity index (χ3n) is 2.85. The van der Waals surface area contributed by atoms with Gasteiger partial charge in [-0.2, -0.15) is 0 Å². The fraction of sp³-hybridized carbons (Fsp3) is 0.500. The summed E-state index contributed by atoms with van der Waals surface area (Å²) < 4.78 is 2.02. The number of aryl methyl sites for hydroxylation is 1. The van der Waals surface area contributed by atoms with Crippen molar-refractivity contribution < 1.29 is 4.79 Å². The van der Waals surface area contributed by atoms with E-state index in [2.05, 4.69) is 4.98 Å². The number of aromatic nitrogens is 2. The molecule has 0 aromatic carbocycles. The second-order valence-electron chi connectivity index (χ2n) is 4.00. The Balaban J connectivity index is 2.20. The van der Waals surface area contributed by atoms with Gasteiger partial charge in [-0.25, -0.2) is 4.98 Å². The number of nitrogens with zero attached hydrogens (tertiary/aromatic N) is 3. The Bertz CT molecular complexity index is 525. The Morgan fingerprint density at radius 3 is 2.82 bits per heavy atom. The van der Waals surface area contributed by atoms with Gasteiger partial charge in [0, 0.05) is 30.4 Å². The number of carbonyl (C=O) groups is 1. The number of carbonyl (C=O) groups excluding carboxylic acids is 1. The first-order chi connectivity index (χ1) is 8.15. The maximum atomic E-state index is 12.0. The largest absolute Gasteiger partial charge is 0.343 e. The summed E-state index contributed by atoms with van der Waals surface area (Å²) in [5.74, 6) is 0.182. The fourth-order valence-electron chi connectivity index (χ4n) is 1.91. The molecule has 0 aliphatic carbocycles. The molecule has 0 unspecified atom stereocenters. The first kappa shape index (κ1) is 12.1. The molecule has 0 N–H and O–H groups in total. The van der Waals surface area contributed by atoms with Crippen molar-refractivity contribution in [3.8, 4) is 0 Å². The smallest absolute Gasteiger partial charge is 0.228 e. The van der Waals surface area contributed by atoms with Crippen LogP contribution in [0.2, 0.25) is 0 Å². The summed E-state index contributed by atoms with van der Waals surface area (Å²) in [7, 11) is 0. The van der Waals surface area contributed by atoms with Crippen molar-refractivity contribution in [2.75, 3.05) is 13.1 Å². The van der Waals surface area contributed by atoms with E-state index in [1.165, 1.54) is 0 Å². The highest BCUT2D eigenvalue weighted by Crippen LogP contribution is 2.17. The van der Waals surface area contributed by atoms with Crippen LogP contribution in [0.5, 0.6) is 0 Å². The van der Waals surface area contributed by atoms with E-state index in [1.54, 1.807) is 11.3 Å². The molecule has 2 rings (SSSR count). The fourth-order valence-corrected chi connectivity index (χ4v) is 2.83. The Morgan fingerprint density at radius 2 is 2.18 bits per heavy atom. The summed E-state index contributed by atoms with van der Waals surface area (Å²) in [5, 5.41) is 2.02. The van der Waals surface area contributed by atoms with Crippen LogP contribution in [0.4, 0.5) is 0 Å². The molecule has 0 aliphatic heterocycles. The molecule has 0 aliphatic rings. The lowest BCUT2D eigenvalue weighted by atomic mass is 10.3. The van der Waals surface area contributed by atoms with Crippen LogP contribution in [0.3, 0.4) is 0 Å². The Hall–Kier alpha value is -1.36. The van der Waals surface area contributed by atoms with Gasteiger partial charge in [0.2, 0.25) is 5.91 Å². The minimum atomic E-state index is 0.182. The average molecular weight is 251 g/mol. The maximum absolute atomic E-state index is 12.0. The predicted molar refractivity (Wildman–Crippen MR) is 69.4 cm³/mol. The van der Waals surface area contributed by atoms with Gasteiger partial charge in [0.15, 0.2) is 4.96 Å². The van der Waals surface area contributed by atoms with E-state index in [-0.39, 0.29) is 5.91 Å². The number of fused-ring (bicyclic) bond motifs is 1. The lowest BCUT2D eigenvalue weighted by Crippen LogP contribution is -2.32. The second-order valence-corrected chi connectivity index (χ2v) is 4.84. The molecule has 2 aromatic rings. The Labute approximate surface area is 105 Å². The quantitative estimate of drug-likeness (QED) is 0.834. The SMILES string of the molecule is CCN(CC)C(=O)Cc1csc2nc(C)cn12. The third kappa shape index (κ3) is 2.34. The van der Waals surface area contributed by atoms with Crippen molar-refractivity contribution >= 4 is 22.2 Å². The highest BCUT2D eigenvalue weighted by molar-refractivity contribution is 7.15. The molecule has 92 valence electrons. The zero-order chi connectivity index (χ0) is 12.4. The van der Waals surface area contributed by atoms with Crippen molar-refractivity contribution in [3.63, 3.8) is 0 Å². The first-order valence-electron chi connectivity index (χ1n) is 5.85. The summed E-state index contributed by atoms with van der Waals surface area (Å²) in [6.45, 7) is 7.52. The molecule has 0 atom stereocenters. The van der Waals surface area contributed by atoms with Crippen molar-refractivity contribution in [2.24, 2.45) is 0 Å². The average Bonchev–Trinajstić information content (AvgIpc) is 2.81. The second kappa shape index (κ2) is 4.87. The molecule has 0 saturated heterocycles. The van der Waals surface area contributed by atoms with Crippen LogP contribution in [-0.2, 0) is 11.2 Å². The summed E-state index contributed by atoms with van der Waals surface area (Å²) in [4.78, 5) is 19.2. The Kier molecular flexibility index (Phi) is 3.47. The molecule has 17 heavy (non-hydrogen) atoms. The monoisotopic (exact) mass is 251 g/mol. The number of amides is 1. The van der Waals surface area contributed by atoms with E-state index in [1.807, 2.05) is 41.6 Å². The van der Waals surface area contributed by atoms with E-state index < -0.39 is 0 Å². The summed E-state index contributed by atoms with van der Waals surface area (Å²) >= 11 is 1.58. The van der Waals surface area contributed by atoms with E-state index in [0.717, 1.165) is 29.4 Å². The van der Waals surface area contributed by atoms with E-state index in [9.17, 15) is 4.79 Å². The number of imidazole rings is 1. The molecular formula is C12H17N3OS. The minimum Gasteiger partial charge on any atom is -0.343 e. The molecule has 0 bridgehead atoms. The summed E-state index contributed by atoms with van der Waals surface area (Å²) in [6, 6.07) is 0. The van der Waals surface area contributed by atoms with Crippen molar-refractivity contribution in [3.05, 3.63) is 23.0 Å². The lowest BCUT2D eigenvalue weighted by Gasteiger charge is -2.18. The zero-order valence-corrected chi connectivity index (χ0v) is 11.3. The molecule has 4 nitrogen and oxygen atoms in total. The van der Waals surface area contributed by atoms with E-state index in [4.69, 9.17) is 0 Å². The molecule has 0 saturated carbocycles. The predicted octanol–water partition coefficient (Wildman–Crippen LogP) is 2.12. The first-order valence-corrected chi connectivity index (χ1v) is 6.73. The maximum Gasteiger partial charge on any atom is 0.228 e. The number of hydrogen-bond donors (Lipinski definition) is 0. The topological polar surface area (TPSA) is 37.6 Å². The van der Waals surface area contributed by atoms with Crippen LogP contribution in [0, 0.1) is 6.92 Å². The zero-order valence-electron chi connectivity index (χ0n) is 10.4. The van der Waals surface area contributed by atoms with Crippen molar-refractivity contribution in [1.82, 2.24) is 14.3 Å². The van der Waals surface area contributed by atoms with Crippen LogP contribution in [0.25, 0.3) is 4.96 Å². The van der Waals surface area contributed by atoms with Gasteiger partial charge in [0.05, 0.1) is 12.1 Å². The van der Waals surface area contributed by atoms with Gasteiger partial charge in [-0.1, -0.05) is 0 Å². The lowest BCUT2D eigenvalue weighted by molar-refractivity contribution is -0.130. The molecule has 5 heteroatoms. The van der Waals surface area contributed by atoms with E-state index in [0.29, 0.717) is 6.42 Å². The molecule has 0 fully saturated rings. The molecule has 2 heterocycles. The van der Waals surface area contributed by atoms with Gasteiger partial charge in [-0.3, -0.25) is 9.20 Å². The molecule has 1 amide bonds. The highest BCUT2D eigenvalue weighted by atomic mass is 32.1.